The first-order valence-corrected chi connectivity index (χ1v) is 27.2. The number of hydrogen-bond donors (Lipinski definition) is 5. The van der Waals surface area contributed by atoms with Crippen molar-refractivity contribution in [2.24, 2.45) is 0 Å². The number of nitrogens with zero attached hydrogens (tertiary/aromatic N) is 4. The molecule has 4 aromatic carbocycles. The molecular formula is C52H60Cl2N8O8S2. The van der Waals surface area contributed by atoms with Crippen LogP contribution in [0.25, 0.3) is 0 Å². The van der Waals surface area contributed by atoms with Crippen LogP contribution in [0.2, 0.25) is 10.0 Å². The van der Waals surface area contributed by atoms with Crippen LogP contribution in [0.5, 0.6) is 11.5 Å². The summed E-state index contributed by atoms with van der Waals surface area (Å²) in [5.41, 5.74) is 5.28. The monoisotopic (exact) mass is 1060 g/mol. The number of aryl methyl sites for hydroxylation is 2. The summed E-state index contributed by atoms with van der Waals surface area (Å²) in [7, 11) is -3.92. The number of anilines is 8. The van der Waals surface area contributed by atoms with Gasteiger partial charge in [0.05, 0.1) is 75.8 Å². The third-order valence-electron chi connectivity index (χ3n) is 13.2. The number of carbonyl (C=O) groups is 1. The number of benzene rings is 4. The number of methoxy groups -OCH3 is 2. The number of sulfone groups is 2. The molecule has 0 aliphatic heterocycles. The Morgan fingerprint density at radius 1 is 0.625 bits per heavy atom. The molecule has 2 heterocycles. The van der Waals surface area contributed by atoms with Gasteiger partial charge in [-0.1, -0.05) is 61.3 Å². The molecule has 16 nitrogen and oxygen atoms in total. The van der Waals surface area contributed by atoms with Gasteiger partial charge in [0.15, 0.2) is 31.3 Å². The predicted molar refractivity (Wildman–Crippen MR) is 284 cm³/mol. The van der Waals surface area contributed by atoms with E-state index in [1.54, 1.807) is 90.4 Å². The van der Waals surface area contributed by atoms with E-state index < -0.39 is 47.1 Å². The third-order valence-corrected chi connectivity index (χ3v) is 18.1. The maximum atomic E-state index is 12.8. The summed E-state index contributed by atoms with van der Waals surface area (Å²) >= 11 is 12.7. The fourth-order valence-corrected chi connectivity index (χ4v) is 11.3. The number of rotatable bonds is 14. The minimum atomic E-state index is -3.54. The number of carbonyl (C=O) groups excluding carboxylic acids is 1. The van der Waals surface area contributed by atoms with Gasteiger partial charge in [0.2, 0.25) is 11.9 Å². The Morgan fingerprint density at radius 3 is 1.50 bits per heavy atom. The standard InChI is InChI=1S/C26H31ClN4O4S.C26H29ClN4O4S/c2*1-15(2)36(33,34)22-9-7-6-8-19(22)29-24-18(27)14-28-25(31-24)30-20-12-16-10-11-23(32)26(3,4)17(16)13-21(20)35-5/h6-9,12-15,23,32H,10-11H2,1-5H3,(H2,28,29,30,31);6-9,12-15H,10-11H2,1-5H3,(H2,28,29,30,31). The Morgan fingerprint density at radius 2 is 1.06 bits per heavy atom. The Kier molecular flexibility index (Phi) is 15.8. The molecule has 72 heavy (non-hydrogen) atoms. The highest BCUT2D eigenvalue weighted by molar-refractivity contribution is 7.92. The number of aromatic nitrogens is 4. The number of fused-ring (bicyclic) bond motifs is 2. The number of para-hydroxylation sites is 2. The lowest BCUT2D eigenvalue weighted by Gasteiger charge is -2.38. The molecule has 6 aromatic rings. The van der Waals surface area contributed by atoms with Crippen LogP contribution < -0.4 is 30.7 Å². The number of halogens is 2. The number of ether oxygens (including phenoxy) is 2. The van der Waals surface area contributed by atoms with Gasteiger partial charge in [-0.25, -0.2) is 26.8 Å². The van der Waals surface area contributed by atoms with Crippen molar-refractivity contribution in [2.45, 2.75) is 118 Å². The van der Waals surface area contributed by atoms with E-state index in [0.29, 0.717) is 53.5 Å². The molecule has 2 aromatic heterocycles. The highest BCUT2D eigenvalue weighted by atomic mass is 35.5. The fourth-order valence-electron chi connectivity index (χ4n) is 8.59. The highest BCUT2D eigenvalue weighted by Crippen LogP contribution is 2.44. The van der Waals surface area contributed by atoms with E-state index in [-0.39, 0.29) is 49.2 Å². The van der Waals surface area contributed by atoms with Crippen molar-refractivity contribution in [3.63, 3.8) is 0 Å². The van der Waals surface area contributed by atoms with Crippen LogP contribution >= 0.6 is 23.2 Å². The second-order valence-corrected chi connectivity index (χ2v) is 25.0. The normalized spacial score (nSPS) is 15.9. The molecule has 20 heteroatoms. The van der Waals surface area contributed by atoms with Crippen LogP contribution in [-0.4, -0.2) is 78.5 Å². The zero-order chi connectivity index (χ0) is 52.5. The van der Waals surface area contributed by atoms with Crippen LogP contribution in [0.15, 0.2) is 95.0 Å². The zero-order valence-electron chi connectivity index (χ0n) is 41.8. The molecule has 5 N–H and O–H groups in total. The molecule has 0 radical (unpaired) electrons. The third kappa shape index (κ3) is 11.0. The topological polar surface area (TPSA) is 224 Å². The van der Waals surface area contributed by atoms with Crippen molar-refractivity contribution in [3.8, 4) is 11.5 Å². The van der Waals surface area contributed by atoms with Crippen molar-refractivity contribution < 1.29 is 36.2 Å². The van der Waals surface area contributed by atoms with E-state index in [0.717, 1.165) is 28.7 Å². The number of aliphatic hydroxyl groups excluding tert-OH is 1. The second kappa shape index (κ2) is 21.2. The molecule has 1 atom stereocenters. The molecule has 0 spiro atoms. The second-order valence-electron chi connectivity index (χ2n) is 19.2. The number of ketones is 1. The van der Waals surface area contributed by atoms with Gasteiger partial charge in [0, 0.05) is 17.3 Å². The van der Waals surface area contributed by atoms with Gasteiger partial charge in [-0.2, -0.15) is 9.97 Å². The van der Waals surface area contributed by atoms with E-state index in [4.69, 9.17) is 32.7 Å². The molecule has 0 saturated carbocycles. The summed E-state index contributed by atoms with van der Waals surface area (Å²) in [4.78, 5) is 30.4. The number of hydrogen-bond acceptors (Lipinski definition) is 16. The molecule has 8 rings (SSSR count). The molecule has 382 valence electrons. The maximum absolute atomic E-state index is 12.8. The summed E-state index contributed by atoms with van der Waals surface area (Å²) in [5.74, 6) is 2.38. The van der Waals surface area contributed by atoms with Gasteiger partial charge < -0.3 is 35.8 Å². The molecular weight excluding hydrogens is 1000 g/mol. The van der Waals surface area contributed by atoms with Crippen LogP contribution in [0.4, 0.5) is 46.3 Å². The van der Waals surface area contributed by atoms with Crippen molar-refractivity contribution in [1.29, 1.82) is 0 Å². The molecule has 2 aliphatic rings. The van der Waals surface area contributed by atoms with Gasteiger partial charge >= 0.3 is 0 Å². The largest absolute Gasteiger partial charge is 0.495 e. The van der Waals surface area contributed by atoms with E-state index in [1.165, 1.54) is 12.4 Å². The van der Waals surface area contributed by atoms with Gasteiger partial charge in [-0.15, -0.1) is 0 Å². The van der Waals surface area contributed by atoms with Gasteiger partial charge in [-0.05, 0) is 132 Å². The number of nitrogens with one attached hydrogen (secondary N) is 4. The van der Waals surface area contributed by atoms with Gasteiger partial charge in [-0.3, -0.25) is 4.79 Å². The predicted octanol–water partition coefficient (Wildman–Crippen LogP) is 11.0. The van der Waals surface area contributed by atoms with Crippen LogP contribution in [-0.2, 0) is 48.1 Å². The fraction of sp³-hybridized carbons (Fsp3) is 0.365. The van der Waals surface area contributed by atoms with Crippen LogP contribution in [0, 0.1) is 0 Å². The van der Waals surface area contributed by atoms with E-state index in [9.17, 15) is 26.7 Å². The minimum absolute atomic E-state index is 0.165. The summed E-state index contributed by atoms with van der Waals surface area (Å²) in [6, 6.07) is 21.1. The van der Waals surface area contributed by atoms with Crippen molar-refractivity contribution >= 4 is 94.9 Å². The highest BCUT2D eigenvalue weighted by Gasteiger charge is 2.38. The lowest BCUT2D eigenvalue weighted by molar-refractivity contribution is -0.124. The average molecular weight is 1060 g/mol. The Hall–Kier alpha value is -6.05. The molecule has 0 saturated heterocycles. The Balaban J connectivity index is 0.000000211. The molecule has 0 amide bonds. The average Bonchev–Trinajstić information content (AvgIpc) is 3.34. The quantitative estimate of drug-likeness (QED) is 0.0684. The van der Waals surface area contributed by atoms with Crippen molar-refractivity contribution in [2.75, 3.05) is 35.5 Å². The van der Waals surface area contributed by atoms with Crippen molar-refractivity contribution in [1.82, 2.24) is 19.9 Å². The first-order valence-electron chi connectivity index (χ1n) is 23.3. The van der Waals surface area contributed by atoms with Crippen molar-refractivity contribution in [3.05, 3.63) is 117 Å². The van der Waals surface area contributed by atoms with E-state index in [2.05, 4.69) is 41.2 Å². The lowest BCUT2D eigenvalue weighted by atomic mass is 9.70. The lowest BCUT2D eigenvalue weighted by Crippen LogP contribution is -2.38. The Bertz CT molecular complexity index is 3260. The molecule has 1 unspecified atom stereocenters. The summed E-state index contributed by atoms with van der Waals surface area (Å²) in [6.45, 7) is 14.5. The molecule has 0 fully saturated rings. The molecule has 2 aliphatic carbocycles. The summed E-state index contributed by atoms with van der Waals surface area (Å²) < 4.78 is 62.6. The van der Waals surface area contributed by atoms with Gasteiger partial charge in [0.1, 0.15) is 27.3 Å². The first-order chi connectivity index (χ1) is 33.9. The first kappa shape index (κ1) is 53.7. The maximum Gasteiger partial charge on any atom is 0.229 e. The summed E-state index contributed by atoms with van der Waals surface area (Å²) in [6.07, 6.45) is 5.00. The van der Waals surface area contributed by atoms with Crippen LogP contribution in [0.3, 0.4) is 0 Å². The van der Waals surface area contributed by atoms with E-state index >= 15 is 0 Å². The Labute approximate surface area is 431 Å². The SMILES string of the molecule is COc1cc2c(cc1Nc1ncc(Cl)c(Nc3ccccc3S(=O)(=O)C(C)C)n1)CCC(=O)C2(C)C.COc1cc2c(cc1Nc1ncc(Cl)c(Nc3ccccc3S(=O)(=O)C(C)C)n1)CCC(O)C2(C)C. The van der Waals surface area contributed by atoms with E-state index in [1.807, 2.05) is 52.0 Å². The molecule has 0 bridgehead atoms. The number of Topliss-reactive ketones (excluding diaryl/α,β-unsaturated/α-hetero) is 1. The zero-order valence-corrected chi connectivity index (χ0v) is 45.0. The van der Waals surface area contributed by atoms with Gasteiger partial charge in [0.25, 0.3) is 0 Å². The smallest absolute Gasteiger partial charge is 0.229 e. The minimum Gasteiger partial charge on any atom is -0.495 e. The summed E-state index contributed by atoms with van der Waals surface area (Å²) in [5, 5.41) is 22.3. The van der Waals surface area contributed by atoms with Crippen LogP contribution in [0.1, 0.15) is 90.5 Å². The number of aliphatic hydroxyl groups is 1.